The number of sulfone groups is 1. The Morgan fingerprint density at radius 3 is 2.69 bits per heavy atom. The van der Waals surface area contributed by atoms with Gasteiger partial charge in [-0.3, -0.25) is 0 Å². The first kappa shape index (κ1) is 13.0. The lowest BCUT2D eigenvalue weighted by atomic mass is 10.3. The third kappa shape index (κ3) is 4.61. The van der Waals surface area contributed by atoms with E-state index in [1.807, 2.05) is 6.92 Å². The summed E-state index contributed by atoms with van der Waals surface area (Å²) >= 11 is 0. The molecule has 0 radical (unpaired) electrons. The van der Waals surface area contributed by atoms with E-state index in [-0.39, 0.29) is 18.1 Å². The summed E-state index contributed by atoms with van der Waals surface area (Å²) in [6.07, 6.45) is 0.600. The molecule has 0 saturated carbocycles. The van der Waals surface area contributed by atoms with Crippen LogP contribution in [0.4, 0.5) is 4.39 Å². The number of benzene rings is 1. The fourth-order valence-corrected chi connectivity index (χ4v) is 2.42. The number of hydrogen-bond acceptors (Lipinski definition) is 3. The maximum atomic E-state index is 12.8. The van der Waals surface area contributed by atoms with Crippen LogP contribution in [0.15, 0.2) is 24.3 Å². The Morgan fingerprint density at radius 2 is 2.06 bits per heavy atom. The van der Waals surface area contributed by atoms with Gasteiger partial charge < -0.3 is 4.74 Å². The van der Waals surface area contributed by atoms with Crippen LogP contribution in [0.1, 0.15) is 13.3 Å². The monoisotopic (exact) mass is 246 g/mol. The van der Waals surface area contributed by atoms with E-state index in [1.165, 1.54) is 18.2 Å². The van der Waals surface area contributed by atoms with Gasteiger partial charge in [0, 0.05) is 6.07 Å². The Morgan fingerprint density at radius 1 is 1.31 bits per heavy atom. The first-order chi connectivity index (χ1) is 7.53. The zero-order valence-electron chi connectivity index (χ0n) is 9.15. The molecule has 0 aliphatic heterocycles. The van der Waals surface area contributed by atoms with Crippen LogP contribution in [-0.2, 0) is 9.84 Å². The largest absolute Gasteiger partial charge is 0.492 e. The average molecular weight is 246 g/mol. The van der Waals surface area contributed by atoms with E-state index in [4.69, 9.17) is 4.74 Å². The van der Waals surface area contributed by atoms with E-state index in [2.05, 4.69) is 0 Å². The van der Waals surface area contributed by atoms with Crippen LogP contribution in [0.5, 0.6) is 5.75 Å². The number of hydrogen-bond donors (Lipinski definition) is 0. The van der Waals surface area contributed by atoms with Gasteiger partial charge in [0.25, 0.3) is 0 Å². The highest BCUT2D eigenvalue weighted by atomic mass is 32.2. The quantitative estimate of drug-likeness (QED) is 0.771. The Balaban J connectivity index is 2.42. The van der Waals surface area contributed by atoms with Gasteiger partial charge in [0.1, 0.15) is 18.2 Å². The number of ether oxygens (including phenoxy) is 1. The van der Waals surface area contributed by atoms with Gasteiger partial charge in [-0.25, -0.2) is 12.8 Å². The summed E-state index contributed by atoms with van der Waals surface area (Å²) in [5, 5.41) is 0. The molecule has 0 aliphatic rings. The summed E-state index contributed by atoms with van der Waals surface area (Å²) in [5.41, 5.74) is 0. The maximum Gasteiger partial charge on any atom is 0.153 e. The minimum absolute atomic E-state index is 0.0304. The molecule has 0 atom stereocenters. The highest BCUT2D eigenvalue weighted by Crippen LogP contribution is 2.11. The molecule has 0 unspecified atom stereocenters. The molecule has 16 heavy (non-hydrogen) atoms. The molecular weight excluding hydrogens is 231 g/mol. The van der Waals surface area contributed by atoms with Crippen LogP contribution < -0.4 is 4.74 Å². The second-order valence-corrected chi connectivity index (χ2v) is 5.76. The molecule has 5 heteroatoms. The SMILES string of the molecule is CCCS(=O)(=O)CCOc1cccc(F)c1. The normalized spacial score (nSPS) is 11.4. The molecule has 1 rings (SSSR count). The van der Waals surface area contributed by atoms with E-state index >= 15 is 0 Å². The van der Waals surface area contributed by atoms with Crippen LogP contribution in [0.2, 0.25) is 0 Å². The lowest BCUT2D eigenvalue weighted by molar-refractivity contribution is 0.339. The van der Waals surface area contributed by atoms with E-state index in [0.29, 0.717) is 12.2 Å². The van der Waals surface area contributed by atoms with Crippen LogP contribution >= 0.6 is 0 Å². The summed E-state index contributed by atoms with van der Waals surface area (Å²) in [7, 11) is -3.03. The van der Waals surface area contributed by atoms with Crippen molar-refractivity contribution in [2.75, 3.05) is 18.1 Å². The van der Waals surface area contributed by atoms with Gasteiger partial charge in [-0.1, -0.05) is 13.0 Å². The fraction of sp³-hybridized carbons (Fsp3) is 0.455. The summed E-state index contributed by atoms with van der Waals surface area (Å²) in [5.74, 6) is 0.0947. The molecule has 3 nitrogen and oxygen atoms in total. The predicted octanol–water partition coefficient (Wildman–Crippen LogP) is 2.03. The second-order valence-electron chi connectivity index (χ2n) is 3.46. The van der Waals surface area contributed by atoms with E-state index < -0.39 is 15.7 Å². The van der Waals surface area contributed by atoms with Gasteiger partial charge in [-0.05, 0) is 18.6 Å². The van der Waals surface area contributed by atoms with E-state index in [1.54, 1.807) is 6.07 Å². The number of halogens is 1. The molecule has 0 bridgehead atoms. The lowest BCUT2D eigenvalue weighted by Crippen LogP contribution is -2.16. The van der Waals surface area contributed by atoms with Gasteiger partial charge in [0.05, 0.1) is 11.5 Å². The standard InChI is InChI=1S/C11H15FO3S/c1-2-7-16(13,14)8-6-15-11-5-3-4-10(12)9-11/h3-5,9H,2,6-8H2,1H3. The molecule has 0 N–H and O–H groups in total. The fourth-order valence-electron chi connectivity index (χ4n) is 1.26. The Labute approximate surface area is 95.2 Å². The van der Waals surface area contributed by atoms with Gasteiger partial charge in [-0.2, -0.15) is 0 Å². The average Bonchev–Trinajstić information content (AvgIpc) is 2.17. The minimum Gasteiger partial charge on any atom is -0.492 e. The van der Waals surface area contributed by atoms with Crippen molar-refractivity contribution >= 4 is 9.84 Å². The second kappa shape index (κ2) is 5.84. The van der Waals surface area contributed by atoms with E-state index in [9.17, 15) is 12.8 Å². The van der Waals surface area contributed by atoms with Crippen molar-refractivity contribution < 1.29 is 17.5 Å². The summed E-state index contributed by atoms with van der Waals surface area (Å²) in [6.45, 7) is 1.87. The molecule has 0 amide bonds. The Kier molecular flexibility index (Phi) is 4.73. The van der Waals surface area contributed by atoms with Gasteiger partial charge in [0.2, 0.25) is 0 Å². The van der Waals surface area contributed by atoms with Crippen LogP contribution in [0, 0.1) is 5.82 Å². The summed E-state index contributed by atoms with van der Waals surface area (Å²) < 4.78 is 40.6. The summed E-state index contributed by atoms with van der Waals surface area (Å²) in [6, 6.07) is 5.65. The lowest BCUT2D eigenvalue weighted by Gasteiger charge is -2.06. The zero-order chi connectivity index (χ0) is 12.0. The summed E-state index contributed by atoms with van der Waals surface area (Å²) in [4.78, 5) is 0. The van der Waals surface area contributed by atoms with Gasteiger partial charge in [-0.15, -0.1) is 0 Å². The third-order valence-electron chi connectivity index (χ3n) is 1.97. The molecule has 1 aromatic rings. The Hall–Kier alpha value is -1.10. The van der Waals surface area contributed by atoms with Crippen molar-refractivity contribution in [3.63, 3.8) is 0 Å². The molecule has 90 valence electrons. The zero-order valence-corrected chi connectivity index (χ0v) is 9.97. The highest BCUT2D eigenvalue weighted by Gasteiger charge is 2.09. The minimum atomic E-state index is -3.03. The third-order valence-corrected chi connectivity index (χ3v) is 3.79. The van der Waals surface area contributed by atoms with E-state index in [0.717, 1.165) is 0 Å². The van der Waals surface area contributed by atoms with Crippen molar-refractivity contribution in [3.05, 3.63) is 30.1 Å². The molecule has 0 fully saturated rings. The van der Waals surface area contributed by atoms with Crippen molar-refractivity contribution in [3.8, 4) is 5.75 Å². The highest BCUT2D eigenvalue weighted by molar-refractivity contribution is 7.91. The van der Waals surface area contributed by atoms with Crippen LogP contribution in [0.25, 0.3) is 0 Å². The molecular formula is C11H15FO3S. The van der Waals surface area contributed by atoms with Gasteiger partial charge >= 0.3 is 0 Å². The molecule has 0 aromatic heterocycles. The first-order valence-electron chi connectivity index (χ1n) is 5.12. The van der Waals surface area contributed by atoms with Crippen LogP contribution in [0.3, 0.4) is 0 Å². The van der Waals surface area contributed by atoms with Crippen molar-refractivity contribution in [1.29, 1.82) is 0 Å². The molecule has 0 saturated heterocycles. The van der Waals surface area contributed by atoms with Crippen molar-refractivity contribution in [2.45, 2.75) is 13.3 Å². The maximum absolute atomic E-state index is 12.8. The van der Waals surface area contributed by atoms with Crippen molar-refractivity contribution in [2.24, 2.45) is 0 Å². The molecule has 0 heterocycles. The van der Waals surface area contributed by atoms with Crippen molar-refractivity contribution in [1.82, 2.24) is 0 Å². The molecule has 1 aromatic carbocycles. The predicted molar refractivity (Wildman–Crippen MR) is 60.8 cm³/mol. The Bertz CT molecular complexity index is 429. The number of rotatable bonds is 6. The molecule has 0 aliphatic carbocycles. The first-order valence-corrected chi connectivity index (χ1v) is 6.94. The van der Waals surface area contributed by atoms with Crippen LogP contribution in [-0.4, -0.2) is 26.5 Å². The topological polar surface area (TPSA) is 43.4 Å². The molecule has 0 spiro atoms. The van der Waals surface area contributed by atoms with Gasteiger partial charge in [0.15, 0.2) is 9.84 Å². The smallest absolute Gasteiger partial charge is 0.153 e.